The fourth-order valence-electron chi connectivity index (χ4n) is 2.46. The van der Waals surface area contributed by atoms with Crippen molar-refractivity contribution in [3.8, 4) is 0 Å². The Bertz CT molecular complexity index is 875. The van der Waals surface area contributed by atoms with Gasteiger partial charge in [0.05, 0.1) is 5.52 Å². The molecule has 3 nitrogen and oxygen atoms in total. The number of aryl methyl sites for hydroxylation is 1. The Balaban J connectivity index is 2.52. The second kappa shape index (κ2) is 4.05. The molecule has 0 aliphatic heterocycles. The van der Waals surface area contributed by atoms with Gasteiger partial charge in [-0.3, -0.25) is 9.59 Å². The summed E-state index contributed by atoms with van der Waals surface area (Å²) in [6, 6.07) is 11.0. The third kappa shape index (κ3) is 1.74. The minimum atomic E-state index is 0.00236. The molecule has 3 rings (SSSR count). The summed E-state index contributed by atoms with van der Waals surface area (Å²) in [6.45, 7) is 3.39. The van der Waals surface area contributed by atoms with Crippen LogP contribution < -0.4 is 5.43 Å². The monoisotopic (exact) mass is 251 g/mol. The number of hydrogen-bond acceptors (Lipinski definition) is 2. The van der Waals surface area contributed by atoms with Gasteiger partial charge in [0.15, 0.2) is 11.2 Å². The summed E-state index contributed by atoms with van der Waals surface area (Å²) < 4.78 is 0. The van der Waals surface area contributed by atoms with Crippen LogP contribution in [0.1, 0.15) is 22.8 Å². The predicted octanol–water partition coefficient (Wildman–Crippen LogP) is 3.19. The fourth-order valence-corrected chi connectivity index (χ4v) is 2.46. The number of hydrogen-bond donors (Lipinski definition) is 1. The maximum atomic E-state index is 12.4. The van der Waals surface area contributed by atoms with E-state index < -0.39 is 0 Å². The summed E-state index contributed by atoms with van der Waals surface area (Å²) in [4.78, 5) is 27.2. The van der Waals surface area contributed by atoms with E-state index in [1.54, 1.807) is 12.1 Å². The lowest BCUT2D eigenvalue weighted by molar-refractivity contribution is 0.101. The molecule has 0 atom stereocenters. The van der Waals surface area contributed by atoms with Crippen molar-refractivity contribution >= 4 is 27.6 Å². The predicted molar refractivity (Wildman–Crippen MR) is 76.8 cm³/mol. The number of H-pyrrole nitrogens is 1. The first-order chi connectivity index (χ1) is 9.08. The van der Waals surface area contributed by atoms with Crippen LogP contribution in [0.2, 0.25) is 0 Å². The first-order valence-electron chi connectivity index (χ1n) is 6.14. The zero-order valence-corrected chi connectivity index (χ0v) is 10.8. The summed E-state index contributed by atoms with van der Waals surface area (Å²) in [5.74, 6) is 0.00778. The zero-order chi connectivity index (χ0) is 13.6. The minimum Gasteiger partial charge on any atom is -0.354 e. The normalized spacial score (nSPS) is 11.1. The standard InChI is InChI=1S/C16H13NO2/c1-9-7-13-15(8-12(9)10(2)18)17-14-6-4-3-5-11(14)16(13)19/h3-8H,1-2H3,(H,17,19). The van der Waals surface area contributed by atoms with Crippen molar-refractivity contribution in [3.05, 3.63) is 57.7 Å². The fraction of sp³-hybridized carbons (Fsp3) is 0.125. The zero-order valence-electron chi connectivity index (χ0n) is 10.8. The summed E-state index contributed by atoms with van der Waals surface area (Å²) in [7, 11) is 0. The van der Waals surface area contributed by atoms with E-state index in [1.165, 1.54) is 6.92 Å². The number of pyridine rings is 1. The Morgan fingerprint density at radius 3 is 2.53 bits per heavy atom. The molecule has 1 aromatic heterocycles. The van der Waals surface area contributed by atoms with Gasteiger partial charge in [-0.25, -0.2) is 0 Å². The highest BCUT2D eigenvalue weighted by Crippen LogP contribution is 2.19. The molecule has 2 aromatic carbocycles. The van der Waals surface area contributed by atoms with Gasteiger partial charge in [0, 0.05) is 21.9 Å². The van der Waals surface area contributed by atoms with Gasteiger partial charge in [-0.05, 0) is 43.7 Å². The number of fused-ring (bicyclic) bond motifs is 2. The molecule has 0 aliphatic rings. The molecular formula is C16H13NO2. The molecule has 0 amide bonds. The van der Waals surface area contributed by atoms with Crippen molar-refractivity contribution in [1.29, 1.82) is 0 Å². The van der Waals surface area contributed by atoms with Crippen LogP contribution in [0, 0.1) is 6.92 Å². The Morgan fingerprint density at radius 1 is 1.05 bits per heavy atom. The molecule has 0 radical (unpaired) electrons. The van der Waals surface area contributed by atoms with Crippen LogP contribution in [0.3, 0.4) is 0 Å². The molecule has 3 heteroatoms. The molecule has 0 aliphatic carbocycles. The quantitative estimate of drug-likeness (QED) is 0.533. The highest BCUT2D eigenvalue weighted by molar-refractivity contribution is 6.01. The summed E-state index contributed by atoms with van der Waals surface area (Å²) in [5, 5.41) is 1.30. The van der Waals surface area contributed by atoms with E-state index in [-0.39, 0.29) is 11.2 Å². The molecule has 0 spiro atoms. The molecule has 94 valence electrons. The highest BCUT2D eigenvalue weighted by atomic mass is 16.1. The number of aromatic amines is 1. The van der Waals surface area contributed by atoms with Crippen LogP contribution in [-0.2, 0) is 0 Å². The molecular weight excluding hydrogens is 238 g/mol. The largest absolute Gasteiger partial charge is 0.354 e. The summed E-state index contributed by atoms with van der Waals surface area (Å²) in [6.07, 6.45) is 0. The van der Waals surface area contributed by atoms with Gasteiger partial charge in [-0.15, -0.1) is 0 Å². The van der Waals surface area contributed by atoms with Crippen molar-refractivity contribution < 1.29 is 4.79 Å². The Morgan fingerprint density at radius 2 is 1.79 bits per heavy atom. The molecule has 0 fully saturated rings. The van der Waals surface area contributed by atoms with Gasteiger partial charge in [0.1, 0.15) is 0 Å². The van der Waals surface area contributed by atoms with Crippen molar-refractivity contribution in [3.63, 3.8) is 0 Å². The molecule has 0 bridgehead atoms. The van der Waals surface area contributed by atoms with Crippen LogP contribution in [-0.4, -0.2) is 10.8 Å². The molecule has 0 saturated heterocycles. The van der Waals surface area contributed by atoms with Crippen LogP contribution in [0.15, 0.2) is 41.2 Å². The third-order valence-electron chi connectivity index (χ3n) is 3.43. The molecule has 0 unspecified atom stereocenters. The number of nitrogens with one attached hydrogen (secondary N) is 1. The van der Waals surface area contributed by atoms with Crippen molar-refractivity contribution in [2.75, 3.05) is 0 Å². The number of benzene rings is 2. The number of aromatic nitrogens is 1. The van der Waals surface area contributed by atoms with Crippen LogP contribution in [0.25, 0.3) is 21.8 Å². The van der Waals surface area contributed by atoms with E-state index in [4.69, 9.17) is 0 Å². The molecule has 0 saturated carbocycles. The highest BCUT2D eigenvalue weighted by Gasteiger charge is 2.10. The number of carbonyl (C=O) groups is 1. The first kappa shape index (κ1) is 11.7. The van der Waals surface area contributed by atoms with E-state index in [2.05, 4.69) is 4.98 Å². The topological polar surface area (TPSA) is 49.9 Å². The molecule has 1 heterocycles. The van der Waals surface area contributed by atoms with Gasteiger partial charge in [0.25, 0.3) is 0 Å². The maximum Gasteiger partial charge on any atom is 0.197 e. The van der Waals surface area contributed by atoms with Crippen molar-refractivity contribution in [2.45, 2.75) is 13.8 Å². The number of para-hydroxylation sites is 1. The first-order valence-corrected chi connectivity index (χ1v) is 6.14. The SMILES string of the molecule is CC(=O)c1cc2[nH]c3ccccc3c(=O)c2cc1C. The lowest BCUT2D eigenvalue weighted by Crippen LogP contribution is -2.06. The summed E-state index contributed by atoms with van der Waals surface area (Å²) in [5.41, 5.74) is 2.99. The van der Waals surface area contributed by atoms with E-state index in [1.807, 2.05) is 31.2 Å². The average Bonchev–Trinajstić information content (AvgIpc) is 2.39. The van der Waals surface area contributed by atoms with E-state index in [0.717, 1.165) is 11.1 Å². The van der Waals surface area contributed by atoms with E-state index in [0.29, 0.717) is 21.9 Å². The van der Waals surface area contributed by atoms with Crippen LogP contribution >= 0.6 is 0 Å². The molecule has 3 aromatic rings. The van der Waals surface area contributed by atoms with Crippen LogP contribution in [0.4, 0.5) is 0 Å². The van der Waals surface area contributed by atoms with E-state index >= 15 is 0 Å². The number of Topliss-reactive ketones (excluding diaryl/α,β-unsaturated/α-hetero) is 1. The second-order valence-electron chi connectivity index (χ2n) is 4.77. The number of rotatable bonds is 1. The van der Waals surface area contributed by atoms with E-state index in [9.17, 15) is 9.59 Å². The lowest BCUT2D eigenvalue weighted by Gasteiger charge is -2.07. The number of ketones is 1. The van der Waals surface area contributed by atoms with Gasteiger partial charge < -0.3 is 4.98 Å². The van der Waals surface area contributed by atoms with Gasteiger partial charge in [0.2, 0.25) is 0 Å². The van der Waals surface area contributed by atoms with Crippen molar-refractivity contribution in [2.24, 2.45) is 0 Å². The second-order valence-corrected chi connectivity index (χ2v) is 4.77. The average molecular weight is 251 g/mol. The van der Waals surface area contributed by atoms with Crippen LogP contribution in [0.5, 0.6) is 0 Å². The lowest BCUT2D eigenvalue weighted by atomic mass is 10.0. The van der Waals surface area contributed by atoms with Gasteiger partial charge >= 0.3 is 0 Å². The maximum absolute atomic E-state index is 12.4. The Hall–Kier alpha value is -2.42. The Labute approximate surface area is 109 Å². The molecule has 19 heavy (non-hydrogen) atoms. The minimum absolute atomic E-state index is 0.00236. The number of carbonyl (C=O) groups excluding carboxylic acids is 1. The van der Waals surface area contributed by atoms with Crippen molar-refractivity contribution in [1.82, 2.24) is 4.98 Å². The van der Waals surface area contributed by atoms with Gasteiger partial charge in [-0.1, -0.05) is 12.1 Å². The Kier molecular flexibility index (Phi) is 2.49. The molecule has 1 N–H and O–H groups in total. The smallest absolute Gasteiger partial charge is 0.197 e. The van der Waals surface area contributed by atoms with Gasteiger partial charge in [-0.2, -0.15) is 0 Å². The summed E-state index contributed by atoms with van der Waals surface area (Å²) >= 11 is 0. The third-order valence-corrected chi connectivity index (χ3v) is 3.43.